The minimum atomic E-state index is -1.44. The van der Waals surface area contributed by atoms with E-state index in [1.165, 1.54) is 12.5 Å². The van der Waals surface area contributed by atoms with E-state index in [-0.39, 0.29) is 5.91 Å². The largest absolute Gasteiger partial charge is 0.332 e. The molecule has 1 amide bonds. The highest BCUT2D eigenvalue weighted by molar-refractivity contribution is 6.57. The van der Waals surface area contributed by atoms with Crippen molar-refractivity contribution in [2.24, 2.45) is 0 Å². The van der Waals surface area contributed by atoms with Gasteiger partial charge in [0.05, 0.1) is 0 Å². The summed E-state index contributed by atoms with van der Waals surface area (Å²) in [4.78, 5) is 13.6. The maximum atomic E-state index is 12.1. The molecule has 0 atom stereocenters. The lowest BCUT2D eigenvalue weighted by molar-refractivity contribution is -0.131. The number of rotatable bonds is 5. The van der Waals surface area contributed by atoms with Gasteiger partial charge in [-0.05, 0) is 12.5 Å². The van der Waals surface area contributed by atoms with Gasteiger partial charge in [-0.3, -0.25) is 4.79 Å². The maximum Gasteiger partial charge on any atom is 0.259 e. The summed E-state index contributed by atoms with van der Waals surface area (Å²) in [7, 11) is 0. The predicted octanol–water partition coefficient (Wildman–Crippen LogP) is 3.96. The Labute approximate surface area is 122 Å². The first-order chi connectivity index (χ1) is 8.45. The van der Waals surface area contributed by atoms with Crippen LogP contribution in [0.5, 0.6) is 0 Å². The summed E-state index contributed by atoms with van der Waals surface area (Å²) in [6.07, 6.45) is 1.67. The molecule has 0 aliphatic heterocycles. The minimum absolute atomic E-state index is 0.343. The van der Waals surface area contributed by atoms with Crippen LogP contribution < -0.4 is 0 Å². The molecule has 98 valence electrons. The van der Waals surface area contributed by atoms with E-state index >= 15 is 0 Å². The molecule has 0 aliphatic carbocycles. The van der Waals surface area contributed by atoms with Crippen molar-refractivity contribution in [2.45, 2.75) is 17.8 Å². The van der Waals surface area contributed by atoms with Crippen molar-refractivity contribution in [1.29, 1.82) is 0 Å². The second-order valence-electron chi connectivity index (χ2n) is 3.92. The first-order valence-corrected chi connectivity index (χ1v) is 6.60. The van der Waals surface area contributed by atoms with Crippen LogP contribution in [0, 0.1) is 0 Å². The van der Waals surface area contributed by atoms with Gasteiger partial charge in [-0.2, -0.15) is 0 Å². The number of carbonyl (C=O) groups is 1. The van der Waals surface area contributed by atoms with E-state index in [1.807, 2.05) is 30.3 Å². The van der Waals surface area contributed by atoms with Crippen LogP contribution in [0.15, 0.2) is 41.9 Å². The normalized spacial score (nSPS) is 11.8. The molecule has 0 spiro atoms. The molecule has 5 heteroatoms. The van der Waals surface area contributed by atoms with E-state index in [9.17, 15) is 4.79 Å². The van der Waals surface area contributed by atoms with Crippen LogP contribution in [-0.2, 0) is 11.3 Å². The standard InChI is InChI=1S/C13H14Cl3NO/c1-13(15,16)12(18)17(9-5-8-14)10-11-6-3-2-4-7-11/h2-8H,9-10H2,1H3/b8-5-. The van der Waals surface area contributed by atoms with Crippen LogP contribution in [0.3, 0.4) is 0 Å². The molecule has 2 nitrogen and oxygen atoms in total. The summed E-state index contributed by atoms with van der Waals surface area (Å²) >= 11 is 17.2. The van der Waals surface area contributed by atoms with Crippen molar-refractivity contribution in [3.63, 3.8) is 0 Å². The molecular formula is C13H14Cl3NO. The molecule has 1 aromatic carbocycles. The van der Waals surface area contributed by atoms with E-state index < -0.39 is 4.33 Å². The van der Waals surface area contributed by atoms with Gasteiger partial charge in [0.2, 0.25) is 0 Å². The number of alkyl halides is 2. The zero-order chi connectivity index (χ0) is 13.6. The molecule has 0 radical (unpaired) electrons. The SMILES string of the molecule is CC(Cl)(Cl)C(=O)N(C/C=C\Cl)Cc1ccccc1. The first kappa shape index (κ1) is 15.4. The fourth-order valence-corrected chi connectivity index (χ4v) is 1.79. The zero-order valence-corrected chi connectivity index (χ0v) is 12.2. The van der Waals surface area contributed by atoms with Gasteiger partial charge in [-0.15, -0.1) is 0 Å². The molecule has 1 aromatic rings. The fraction of sp³-hybridized carbons (Fsp3) is 0.308. The van der Waals surface area contributed by atoms with Crippen LogP contribution in [0.1, 0.15) is 12.5 Å². The number of hydrogen-bond acceptors (Lipinski definition) is 1. The van der Waals surface area contributed by atoms with Gasteiger partial charge in [-0.1, -0.05) is 71.2 Å². The van der Waals surface area contributed by atoms with Gasteiger partial charge >= 0.3 is 0 Å². The average Bonchev–Trinajstić information content (AvgIpc) is 2.33. The molecule has 18 heavy (non-hydrogen) atoms. The smallest absolute Gasteiger partial charge is 0.259 e. The maximum absolute atomic E-state index is 12.1. The fourth-order valence-electron chi connectivity index (χ4n) is 1.47. The monoisotopic (exact) mass is 305 g/mol. The first-order valence-electron chi connectivity index (χ1n) is 5.41. The van der Waals surface area contributed by atoms with Crippen molar-refractivity contribution < 1.29 is 4.79 Å². The second-order valence-corrected chi connectivity index (χ2v) is 5.88. The van der Waals surface area contributed by atoms with E-state index in [1.54, 1.807) is 11.0 Å². The Hall–Kier alpha value is -0.700. The number of benzene rings is 1. The number of halogens is 3. The Morgan fingerprint density at radius 1 is 1.33 bits per heavy atom. The Kier molecular flexibility index (Phi) is 6.00. The Morgan fingerprint density at radius 3 is 2.44 bits per heavy atom. The predicted molar refractivity (Wildman–Crippen MR) is 77.0 cm³/mol. The van der Waals surface area contributed by atoms with Crippen molar-refractivity contribution in [3.05, 3.63) is 47.5 Å². The molecular weight excluding hydrogens is 293 g/mol. The van der Waals surface area contributed by atoms with Gasteiger partial charge in [-0.25, -0.2) is 0 Å². The summed E-state index contributed by atoms with van der Waals surface area (Å²) in [6, 6.07) is 9.61. The summed E-state index contributed by atoms with van der Waals surface area (Å²) < 4.78 is -1.44. The highest BCUT2D eigenvalue weighted by Crippen LogP contribution is 2.23. The number of amides is 1. The van der Waals surface area contributed by atoms with E-state index in [2.05, 4.69) is 0 Å². The van der Waals surface area contributed by atoms with E-state index in [0.717, 1.165) is 5.56 Å². The number of hydrogen-bond donors (Lipinski definition) is 0. The Morgan fingerprint density at radius 2 is 1.94 bits per heavy atom. The molecule has 0 aromatic heterocycles. The summed E-state index contributed by atoms with van der Waals surface area (Å²) in [5, 5.41) is 0. The van der Waals surface area contributed by atoms with Crippen LogP contribution in [-0.4, -0.2) is 21.7 Å². The molecule has 0 heterocycles. The number of nitrogens with zero attached hydrogens (tertiary/aromatic N) is 1. The number of carbonyl (C=O) groups excluding carboxylic acids is 1. The molecule has 0 N–H and O–H groups in total. The third kappa shape index (κ3) is 4.89. The van der Waals surface area contributed by atoms with Crippen LogP contribution in [0.4, 0.5) is 0 Å². The molecule has 0 saturated heterocycles. The molecule has 0 bridgehead atoms. The minimum Gasteiger partial charge on any atom is -0.332 e. The van der Waals surface area contributed by atoms with E-state index in [0.29, 0.717) is 13.1 Å². The van der Waals surface area contributed by atoms with Crippen molar-refractivity contribution in [1.82, 2.24) is 4.90 Å². The molecule has 1 rings (SSSR count). The van der Waals surface area contributed by atoms with Gasteiger partial charge in [0.25, 0.3) is 5.91 Å². The average molecular weight is 307 g/mol. The summed E-state index contributed by atoms with van der Waals surface area (Å²) in [5.74, 6) is -0.343. The lowest BCUT2D eigenvalue weighted by Gasteiger charge is -2.26. The van der Waals surface area contributed by atoms with Gasteiger partial charge < -0.3 is 4.90 Å². The molecule has 0 unspecified atom stereocenters. The lowest BCUT2D eigenvalue weighted by Crippen LogP contribution is -2.40. The second kappa shape index (κ2) is 7.03. The Bertz CT molecular complexity index is 412. The van der Waals surface area contributed by atoms with Gasteiger partial charge in [0, 0.05) is 18.6 Å². The van der Waals surface area contributed by atoms with Gasteiger partial charge in [0.15, 0.2) is 4.33 Å². The Balaban J connectivity index is 2.82. The quantitative estimate of drug-likeness (QED) is 0.754. The topological polar surface area (TPSA) is 20.3 Å². The molecule has 0 saturated carbocycles. The van der Waals surface area contributed by atoms with Crippen molar-refractivity contribution in [2.75, 3.05) is 6.54 Å². The molecule has 0 aliphatic rings. The summed E-state index contributed by atoms with van der Waals surface area (Å²) in [6.45, 7) is 2.27. The van der Waals surface area contributed by atoms with Gasteiger partial charge in [0.1, 0.15) is 0 Å². The van der Waals surface area contributed by atoms with Crippen LogP contribution in [0.2, 0.25) is 0 Å². The van der Waals surface area contributed by atoms with Crippen LogP contribution >= 0.6 is 34.8 Å². The molecule has 0 fully saturated rings. The third-order valence-corrected chi connectivity index (χ3v) is 2.80. The zero-order valence-electron chi connectivity index (χ0n) is 9.95. The lowest BCUT2D eigenvalue weighted by atomic mass is 10.2. The van der Waals surface area contributed by atoms with E-state index in [4.69, 9.17) is 34.8 Å². The van der Waals surface area contributed by atoms with Crippen LogP contribution in [0.25, 0.3) is 0 Å². The highest BCUT2D eigenvalue weighted by atomic mass is 35.5. The van der Waals surface area contributed by atoms with Crippen molar-refractivity contribution >= 4 is 40.7 Å². The van der Waals surface area contributed by atoms with Crippen molar-refractivity contribution in [3.8, 4) is 0 Å². The summed E-state index contributed by atoms with van der Waals surface area (Å²) in [5.41, 5.74) is 2.37. The third-order valence-electron chi connectivity index (χ3n) is 2.29. The highest BCUT2D eigenvalue weighted by Gasteiger charge is 2.31.